The van der Waals surface area contributed by atoms with Gasteiger partial charge in [-0.05, 0) is 43.6 Å². The Morgan fingerprint density at radius 1 is 1.28 bits per heavy atom. The van der Waals surface area contributed by atoms with Gasteiger partial charge in [0.15, 0.2) is 5.13 Å². The summed E-state index contributed by atoms with van der Waals surface area (Å²) in [6, 6.07) is 5.86. The molecule has 1 aliphatic heterocycles. The lowest BCUT2D eigenvalue weighted by molar-refractivity contribution is -0.127. The van der Waals surface area contributed by atoms with Crippen LogP contribution < -0.4 is 11.1 Å². The Hall–Kier alpha value is -1.99. The highest BCUT2D eigenvalue weighted by Crippen LogP contribution is 2.25. The molecule has 0 saturated carbocycles. The van der Waals surface area contributed by atoms with E-state index >= 15 is 0 Å². The minimum Gasteiger partial charge on any atom is -0.375 e. The first-order valence-electron chi connectivity index (χ1n) is 8.60. The van der Waals surface area contributed by atoms with Crippen molar-refractivity contribution in [2.75, 3.05) is 25.4 Å². The molecule has 0 bridgehead atoms. The third-order valence-corrected chi connectivity index (χ3v) is 5.16. The Bertz CT molecular complexity index is 697. The Morgan fingerprint density at radius 2 is 2.00 bits per heavy atom. The number of nitrogens with one attached hydrogen (secondary N) is 1. The second-order valence-corrected chi connectivity index (χ2v) is 7.16. The number of likely N-dealkylation sites (tertiary alicyclic amines) is 1. The van der Waals surface area contributed by atoms with Crippen LogP contribution in [0.1, 0.15) is 36.6 Å². The van der Waals surface area contributed by atoms with Crippen molar-refractivity contribution in [3.05, 3.63) is 46.7 Å². The van der Waals surface area contributed by atoms with Crippen molar-refractivity contribution < 1.29 is 9.18 Å². The van der Waals surface area contributed by atoms with Crippen molar-refractivity contribution in [1.29, 1.82) is 0 Å². The zero-order valence-electron chi connectivity index (χ0n) is 14.1. The van der Waals surface area contributed by atoms with Crippen LogP contribution >= 0.6 is 11.3 Å². The maximum absolute atomic E-state index is 13.3. The van der Waals surface area contributed by atoms with Crippen LogP contribution in [0.3, 0.4) is 0 Å². The van der Waals surface area contributed by atoms with Crippen molar-refractivity contribution in [2.45, 2.75) is 31.7 Å². The van der Waals surface area contributed by atoms with Crippen LogP contribution in [0.25, 0.3) is 0 Å². The number of hydrogen-bond donors (Lipinski definition) is 2. The molecular formula is C18H23FN4OS. The standard InChI is InChI=1S/C18H23FN4OS/c19-14-6-4-13(5-7-14)16(23-10-2-1-3-11-23)17(24)21-9-8-15-12-25-18(20)22-15/h4-7,12,16H,1-3,8-11H2,(H2,20,22)(H,21,24). The number of nitrogens with zero attached hydrogens (tertiary/aromatic N) is 2. The lowest BCUT2D eigenvalue weighted by atomic mass is 10.0. The highest BCUT2D eigenvalue weighted by atomic mass is 32.1. The third-order valence-electron chi connectivity index (χ3n) is 4.44. The number of nitrogen functional groups attached to an aromatic ring is 1. The molecule has 2 heterocycles. The number of piperidine rings is 1. The largest absolute Gasteiger partial charge is 0.375 e. The van der Waals surface area contributed by atoms with Gasteiger partial charge in [-0.15, -0.1) is 11.3 Å². The van der Waals surface area contributed by atoms with Crippen molar-refractivity contribution in [1.82, 2.24) is 15.2 Å². The summed E-state index contributed by atoms with van der Waals surface area (Å²) in [5, 5.41) is 5.45. The van der Waals surface area contributed by atoms with E-state index in [1.807, 2.05) is 5.38 Å². The van der Waals surface area contributed by atoms with Crippen LogP contribution in [0.5, 0.6) is 0 Å². The number of rotatable bonds is 6. The first-order chi connectivity index (χ1) is 12.1. The summed E-state index contributed by atoms with van der Waals surface area (Å²) >= 11 is 1.40. The fraction of sp³-hybridized carbons (Fsp3) is 0.444. The Kier molecular flexibility index (Phi) is 5.99. The first-order valence-corrected chi connectivity index (χ1v) is 9.48. The fourth-order valence-electron chi connectivity index (χ4n) is 3.20. The molecular weight excluding hydrogens is 339 g/mol. The summed E-state index contributed by atoms with van der Waals surface area (Å²) < 4.78 is 13.3. The average molecular weight is 362 g/mol. The van der Waals surface area contributed by atoms with Crippen molar-refractivity contribution in [2.24, 2.45) is 0 Å². The number of thiazole rings is 1. The van der Waals surface area contributed by atoms with Gasteiger partial charge in [0.25, 0.3) is 0 Å². The number of carbonyl (C=O) groups is 1. The Labute approximate surface area is 151 Å². The van der Waals surface area contributed by atoms with Gasteiger partial charge in [0.05, 0.1) is 5.69 Å². The molecule has 0 aliphatic carbocycles. The van der Waals surface area contributed by atoms with E-state index in [1.54, 1.807) is 12.1 Å². The SMILES string of the molecule is Nc1nc(CCNC(=O)C(c2ccc(F)cc2)N2CCCCC2)cs1. The predicted octanol–water partition coefficient (Wildman–Crippen LogP) is 2.75. The quantitative estimate of drug-likeness (QED) is 0.829. The number of amides is 1. The summed E-state index contributed by atoms with van der Waals surface area (Å²) in [4.78, 5) is 19.2. The molecule has 25 heavy (non-hydrogen) atoms. The monoisotopic (exact) mass is 362 g/mol. The average Bonchev–Trinajstić information content (AvgIpc) is 3.03. The van der Waals surface area contributed by atoms with E-state index in [-0.39, 0.29) is 17.8 Å². The number of aromatic nitrogens is 1. The van der Waals surface area contributed by atoms with Gasteiger partial charge in [-0.3, -0.25) is 9.69 Å². The zero-order chi connectivity index (χ0) is 17.6. The normalized spacial score (nSPS) is 16.5. The number of benzene rings is 1. The highest BCUT2D eigenvalue weighted by Gasteiger charge is 2.28. The van der Waals surface area contributed by atoms with Crippen LogP contribution in [-0.4, -0.2) is 35.4 Å². The van der Waals surface area contributed by atoms with E-state index < -0.39 is 0 Å². The van der Waals surface area contributed by atoms with Crippen molar-refractivity contribution in [3.8, 4) is 0 Å². The summed E-state index contributed by atoms with van der Waals surface area (Å²) in [6.45, 7) is 2.28. The van der Waals surface area contributed by atoms with Crippen molar-refractivity contribution in [3.63, 3.8) is 0 Å². The first kappa shape index (κ1) is 17.8. The van der Waals surface area contributed by atoms with E-state index in [2.05, 4.69) is 15.2 Å². The molecule has 3 rings (SSSR count). The van der Waals surface area contributed by atoms with Gasteiger partial charge in [0.1, 0.15) is 11.9 Å². The molecule has 2 aromatic rings. The van der Waals surface area contributed by atoms with E-state index in [0.717, 1.165) is 37.2 Å². The Balaban J connectivity index is 1.66. The molecule has 7 heteroatoms. The maximum atomic E-state index is 13.3. The minimum atomic E-state index is -0.374. The van der Waals surface area contributed by atoms with Gasteiger partial charge in [-0.1, -0.05) is 18.6 Å². The van der Waals surface area contributed by atoms with Gasteiger partial charge < -0.3 is 11.1 Å². The topological polar surface area (TPSA) is 71.2 Å². The molecule has 3 N–H and O–H groups in total. The number of nitrogens with two attached hydrogens (primary N) is 1. The molecule has 1 aromatic heterocycles. The van der Waals surface area contributed by atoms with E-state index in [4.69, 9.17) is 5.73 Å². The summed E-state index contributed by atoms with van der Waals surface area (Å²) in [6.07, 6.45) is 4.02. The molecule has 1 aliphatic rings. The van der Waals surface area contributed by atoms with Crippen LogP contribution in [0.15, 0.2) is 29.6 Å². The van der Waals surface area contributed by atoms with Gasteiger partial charge >= 0.3 is 0 Å². The van der Waals surface area contributed by atoms with Crippen LogP contribution in [0, 0.1) is 5.82 Å². The number of halogens is 1. The van der Waals surface area contributed by atoms with Crippen molar-refractivity contribution >= 4 is 22.4 Å². The minimum absolute atomic E-state index is 0.0447. The molecule has 1 saturated heterocycles. The van der Waals surface area contributed by atoms with Gasteiger partial charge in [0.2, 0.25) is 5.91 Å². The molecule has 1 atom stereocenters. The predicted molar refractivity (Wildman–Crippen MR) is 97.8 cm³/mol. The molecule has 0 radical (unpaired) electrons. The second-order valence-electron chi connectivity index (χ2n) is 6.27. The van der Waals surface area contributed by atoms with Crippen LogP contribution in [0.2, 0.25) is 0 Å². The number of carbonyl (C=O) groups excluding carboxylic acids is 1. The third kappa shape index (κ3) is 4.76. The highest BCUT2D eigenvalue weighted by molar-refractivity contribution is 7.13. The summed E-state index contributed by atoms with van der Waals surface area (Å²) in [5.41, 5.74) is 7.35. The molecule has 1 aromatic carbocycles. The van der Waals surface area contributed by atoms with Gasteiger partial charge in [-0.2, -0.15) is 0 Å². The lowest BCUT2D eigenvalue weighted by Gasteiger charge is -2.34. The zero-order valence-corrected chi connectivity index (χ0v) is 14.9. The maximum Gasteiger partial charge on any atom is 0.241 e. The second kappa shape index (κ2) is 8.40. The van der Waals surface area contributed by atoms with Crippen LogP contribution in [-0.2, 0) is 11.2 Å². The number of anilines is 1. The molecule has 5 nitrogen and oxygen atoms in total. The van der Waals surface area contributed by atoms with E-state index in [0.29, 0.717) is 18.1 Å². The van der Waals surface area contributed by atoms with E-state index in [1.165, 1.54) is 29.9 Å². The van der Waals surface area contributed by atoms with Gasteiger partial charge in [-0.25, -0.2) is 9.37 Å². The molecule has 1 amide bonds. The van der Waals surface area contributed by atoms with Gasteiger partial charge in [0, 0.05) is 18.3 Å². The van der Waals surface area contributed by atoms with E-state index in [9.17, 15) is 9.18 Å². The Morgan fingerprint density at radius 3 is 2.64 bits per heavy atom. The molecule has 1 unspecified atom stereocenters. The summed E-state index contributed by atoms with van der Waals surface area (Å²) in [5.74, 6) is -0.334. The smallest absolute Gasteiger partial charge is 0.241 e. The molecule has 134 valence electrons. The number of hydrogen-bond acceptors (Lipinski definition) is 5. The molecule has 1 fully saturated rings. The fourth-order valence-corrected chi connectivity index (χ4v) is 3.79. The molecule has 0 spiro atoms. The van der Waals surface area contributed by atoms with Crippen LogP contribution in [0.4, 0.5) is 9.52 Å². The summed E-state index contributed by atoms with van der Waals surface area (Å²) in [7, 11) is 0. The lowest BCUT2D eigenvalue weighted by Crippen LogP contribution is -2.43.